The number of hydrogen-bond donors (Lipinski definition) is 1. The molecule has 4 heteroatoms. The monoisotopic (exact) mass is 251 g/mol. The average Bonchev–Trinajstić information content (AvgIpc) is 2.35. The summed E-state index contributed by atoms with van der Waals surface area (Å²) in [6.45, 7) is 5.78. The van der Waals surface area contributed by atoms with Gasteiger partial charge in [-0.25, -0.2) is 0 Å². The van der Waals surface area contributed by atoms with Gasteiger partial charge in [0.15, 0.2) is 0 Å². The number of esters is 1. The quantitative estimate of drug-likeness (QED) is 0.816. The van der Waals surface area contributed by atoms with E-state index in [0.29, 0.717) is 0 Å². The maximum absolute atomic E-state index is 11.5. The lowest BCUT2D eigenvalue weighted by molar-refractivity contribution is -0.152. The standard InChI is InChI=1S/C14H21NO3/c1-10(15)11-5-7-12(8-6-11)18-9-14(2,3)13(16)17-4/h5-8,10H,9,15H2,1-4H3. The molecule has 0 spiro atoms. The minimum atomic E-state index is -0.658. The summed E-state index contributed by atoms with van der Waals surface area (Å²) in [7, 11) is 1.38. The highest BCUT2D eigenvalue weighted by Gasteiger charge is 2.29. The first-order valence-corrected chi connectivity index (χ1v) is 5.93. The lowest BCUT2D eigenvalue weighted by atomic mass is 9.95. The molecule has 1 aromatic rings. The fraction of sp³-hybridized carbons (Fsp3) is 0.500. The van der Waals surface area contributed by atoms with Crippen LogP contribution in [0.3, 0.4) is 0 Å². The zero-order valence-corrected chi connectivity index (χ0v) is 11.4. The topological polar surface area (TPSA) is 61.5 Å². The second-order valence-electron chi connectivity index (χ2n) is 5.02. The number of carbonyl (C=O) groups excluding carboxylic acids is 1. The molecule has 0 aromatic heterocycles. The summed E-state index contributed by atoms with van der Waals surface area (Å²) in [5, 5.41) is 0. The molecule has 4 nitrogen and oxygen atoms in total. The predicted molar refractivity (Wildman–Crippen MR) is 70.3 cm³/mol. The molecule has 0 fully saturated rings. The van der Waals surface area contributed by atoms with Gasteiger partial charge in [-0.1, -0.05) is 12.1 Å². The van der Waals surface area contributed by atoms with E-state index in [4.69, 9.17) is 15.2 Å². The summed E-state index contributed by atoms with van der Waals surface area (Å²) in [5.41, 5.74) is 6.16. The Bertz CT molecular complexity index is 396. The second kappa shape index (κ2) is 5.87. The number of carbonyl (C=O) groups is 1. The Labute approximate surface area is 108 Å². The van der Waals surface area contributed by atoms with Crippen LogP contribution in [0.1, 0.15) is 32.4 Å². The zero-order valence-electron chi connectivity index (χ0n) is 11.4. The van der Waals surface area contributed by atoms with Crippen LogP contribution in [0.15, 0.2) is 24.3 Å². The van der Waals surface area contributed by atoms with E-state index in [9.17, 15) is 4.79 Å². The highest BCUT2D eigenvalue weighted by Crippen LogP contribution is 2.21. The maximum atomic E-state index is 11.5. The Kier molecular flexibility index (Phi) is 4.73. The maximum Gasteiger partial charge on any atom is 0.314 e. The minimum absolute atomic E-state index is 0.00515. The molecule has 0 aliphatic heterocycles. The molecule has 1 unspecified atom stereocenters. The first-order valence-electron chi connectivity index (χ1n) is 5.93. The van der Waals surface area contributed by atoms with Gasteiger partial charge in [-0.15, -0.1) is 0 Å². The number of ether oxygens (including phenoxy) is 2. The van der Waals surface area contributed by atoms with Crippen molar-refractivity contribution in [1.82, 2.24) is 0 Å². The average molecular weight is 251 g/mol. The van der Waals surface area contributed by atoms with Crippen LogP contribution < -0.4 is 10.5 Å². The van der Waals surface area contributed by atoms with Crippen LogP contribution >= 0.6 is 0 Å². The highest BCUT2D eigenvalue weighted by atomic mass is 16.5. The molecule has 0 heterocycles. The lowest BCUT2D eigenvalue weighted by Gasteiger charge is -2.21. The number of benzene rings is 1. The van der Waals surface area contributed by atoms with Crippen LogP contribution in [0.25, 0.3) is 0 Å². The highest BCUT2D eigenvalue weighted by molar-refractivity contribution is 5.75. The van der Waals surface area contributed by atoms with Gasteiger partial charge in [-0.2, -0.15) is 0 Å². The van der Waals surface area contributed by atoms with Crippen LogP contribution in [0.4, 0.5) is 0 Å². The van der Waals surface area contributed by atoms with Crippen LogP contribution in [0, 0.1) is 5.41 Å². The third kappa shape index (κ3) is 3.74. The fourth-order valence-electron chi connectivity index (χ4n) is 1.47. The van der Waals surface area contributed by atoms with Crippen molar-refractivity contribution < 1.29 is 14.3 Å². The third-order valence-corrected chi connectivity index (χ3v) is 2.74. The molecule has 1 atom stereocenters. The van der Waals surface area contributed by atoms with Crippen LogP contribution in [-0.4, -0.2) is 19.7 Å². The van der Waals surface area contributed by atoms with Gasteiger partial charge in [-0.3, -0.25) is 4.79 Å². The van der Waals surface area contributed by atoms with E-state index >= 15 is 0 Å². The van der Waals surface area contributed by atoms with E-state index in [1.165, 1.54) is 7.11 Å². The minimum Gasteiger partial charge on any atom is -0.492 e. The summed E-state index contributed by atoms with van der Waals surface area (Å²) >= 11 is 0. The van der Waals surface area contributed by atoms with Crippen LogP contribution in [-0.2, 0) is 9.53 Å². The van der Waals surface area contributed by atoms with E-state index in [-0.39, 0.29) is 18.6 Å². The van der Waals surface area contributed by atoms with Crippen molar-refractivity contribution in [1.29, 1.82) is 0 Å². The number of hydrogen-bond acceptors (Lipinski definition) is 4. The molecule has 0 aliphatic carbocycles. The first-order chi connectivity index (χ1) is 8.36. The van der Waals surface area contributed by atoms with E-state index in [0.717, 1.165) is 11.3 Å². The van der Waals surface area contributed by atoms with Crippen molar-refractivity contribution >= 4 is 5.97 Å². The van der Waals surface area contributed by atoms with Gasteiger partial charge in [-0.05, 0) is 38.5 Å². The van der Waals surface area contributed by atoms with E-state index in [1.54, 1.807) is 13.8 Å². The van der Waals surface area contributed by atoms with Gasteiger partial charge < -0.3 is 15.2 Å². The summed E-state index contributed by atoms with van der Waals surface area (Å²) in [6.07, 6.45) is 0. The molecule has 1 rings (SSSR count). The summed E-state index contributed by atoms with van der Waals surface area (Å²) in [4.78, 5) is 11.5. The summed E-state index contributed by atoms with van der Waals surface area (Å²) in [6, 6.07) is 7.56. The number of rotatable bonds is 5. The zero-order chi connectivity index (χ0) is 13.8. The molecule has 18 heavy (non-hydrogen) atoms. The van der Waals surface area contributed by atoms with Crippen molar-refractivity contribution in [2.45, 2.75) is 26.8 Å². The summed E-state index contributed by atoms with van der Waals surface area (Å²) in [5.74, 6) is 0.436. The Morgan fingerprint density at radius 3 is 2.33 bits per heavy atom. The first kappa shape index (κ1) is 14.5. The molecule has 0 radical (unpaired) electrons. The lowest BCUT2D eigenvalue weighted by Crippen LogP contribution is -2.32. The van der Waals surface area contributed by atoms with Crippen molar-refractivity contribution in [3.63, 3.8) is 0 Å². The van der Waals surface area contributed by atoms with E-state index in [2.05, 4.69) is 0 Å². The second-order valence-corrected chi connectivity index (χ2v) is 5.02. The molecule has 0 bridgehead atoms. The van der Waals surface area contributed by atoms with E-state index in [1.807, 2.05) is 31.2 Å². The van der Waals surface area contributed by atoms with Gasteiger partial charge in [0.1, 0.15) is 12.4 Å². The molecule has 0 amide bonds. The van der Waals surface area contributed by atoms with Crippen molar-refractivity contribution in [3.05, 3.63) is 29.8 Å². The number of methoxy groups -OCH3 is 1. The molecule has 0 saturated carbocycles. The molecule has 2 N–H and O–H groups in total. The van der Waals surface area contributed by atoms with Crippen molar-refractivity contribution in [3.8, 4) is 5.75 Å². The molecule has 100 valence electrons. The van der Waals surface area contributed by atoms with Crippen LogP contribution in [0.2, 0.25) is 0 Å². The number of nitrogens with two attached hydrogens (primary N) is 1. The molecule has 1 aromatic carbocycles. The van der Waals surface area contributed by atoms with E-state index < -0.39 is 5.41 Å². The Balaban J connectivity index is 2.61. The predicted octanol–water partition coefficient (Wildman–Crippen LogP) is 2.28. The Morgan fingerprint density at radius 2 is 1.89 bits per heavy atom. The normalized spacial score (nSPS) is 12.9. The van der Waals surface area contributed by atoms with Crippen LogP contribution in [0.5, 0.6) is 5.75 Å². The Hall–Kier alpha value is -1.55. The molecular formula is C14H21NO3. The molecular weight excluding hydrogens is 230 g/mol. The smallest absolute Gasteiger partial charge is 0.314 e. The van der Waals surface area contributed by atoms with Gasteiger partial charge >= 0.3 is 5.97 Å². The van der Waals surface area contributed by atoms with Gasteiger partial charge in [0.05, 0.1) is 12.5 Å². The molecule has 0 saturated heterocycles. The Morgan fingerprint density at radius 1 is 1.33 bits per heavy atom. The third-order valence-electron chi connectivity index (χ3n) is 2.74. The van der Waals surface area contributed by atoms with Gasteiger partial charge in [0, 0.05) is 6.04 Å². The van der Waals surface area contributed by atoms with Crippen molar-refractivity contribution in [2.75, 3.05) is 13.7 Å². The summed E-state index contributed by atoms with van der Waals surface area (Å²) < 4.78 is 10.3. The SMILES string of the molecule is COC(=O)C(C)(C)COc1ccc(C(C)N)cc1. The molecule has 0 aliphatic rings. The van der Waals surface area contributed by atoms with Crippen molar-refractivity contribution in [2.24, 2.45) is 11.1 Å². The fourth-order valence-corrected chi connectivity index (χ4v) is 1.47. The van der Waals surface area contributed by atoms with Gasteiger partial charge in [0.25, 0.3) is 0 Å². The van der Waals surface area contributed by atoms with Gasteiger partial charge in [0.2, 0.25) is 0 Å². The largest absolute Gasteiger partial charge is 0.492 e.